The molecule has 0 amide bonds. The number of halogens is 3. The van der Waals surface area contributed by atoms with Gasteiger partial charge in [0.1, 0.15) is 5.75 Å². The van der Waals surface area contributed by atoms with E-state index in [-0.39, 0.29) is 29.6 Å². The van der Waals surface area contributed by atoms with E-state index < -0.39 is 12.1 Å². The molecule has 23 heavy (non-hydrogen) atoms. The summed E-state index contributed by atoms with van der Waals surface area (Å²) in [5.74, 6) is -2.68. The molecule has 2 aromatic rings. The lowest BCUT2D eigenvalue weighted by atomic mass is 10.1. The van der Waals surface area contributed by atoms with E-state index in [1.54, 1.807) is 25.1 Å². The van der Waals surface area contributed by atoms with E-state index in [1.807, 2.05) is 0 Å². The Hall–Kier alpha value is -2.62. The van der Waals surface area contributed by atoms with Crippen LogP contribution >= 0.6 is 0 Å². The van der Waals surface area contributed by atoms with E-state index in [1.165, 1.54) is 12.1 Å². The van der Waals surface area contributed by atoms with Crippen LogP contribution in [-0.2, 0) is 11.3 Å². The van der Waals surface area contributed by atoms with Crippen LogP contribution in [0.3, 0.4) is 0 Å². The number of hydrogen-bond acceptors (Lipinski definition) is 7. The molecule has 7 nitrogen and oxygen atoms in total. The number of alkyl halides is 3. The SMILES string of the molecule is CN(C)c1ccc(-c2nnc(CN)o2)c(OC(=O)C(F)(F)F)c1. The predicted molar refractivity (Wildman–Crippen MR) is 73.6 cm³/mol. The molecule has 0 aliphatic rings. The van der Waals surface area contributed by atoms with Crippen LogP contribution in [0.15, 0.2) is 22.6 Å². The van der Waals surface area contributed by atoms with Gasteiger partial charge < -0.3 is 19.8 Å². The molecule has 0 saturated carbocycles. The largest absolute Gasteiger partial charge is 0.491 e. The van der Waals surface area contributed by atoms with Crippen LogP contribution < -0.4 is 15.4 Å². The fourth-order valence-electron chi connectivity index (χ4n) is 1.65. The van der Waals surface area contributed by atoms with E-state index in [2.05, 4.69) is 14.9 Å². The molecule has 1 heterocycles. The summed E-state index contributed by atoms with van der Waals surface area (Å²) in [5.41, 5.74) is 5.93. The summed E-state index contributed by atoms with van der Waals surface area (Å²) in [5, 5.41) is 7.30. The Morgan fingerprint density at radius 3 is 2.57 bits per heavy atom. The third-order valence-electron chi connectivity index (χ3n) is 2.79. The second-order valence-corrected chi connectivity index (χ2v) is 4.67. The zero-order valence-corrected chi connectivity index (χ0v) is 12.2. The Morgan fingerprint density at radius 2 is 2.04 bits per heavy atom. The number of carbonyl (C=O) groups excluding carboxylic acids is 1. The molecule has 0 saturated heterocycles. The molecule has 0 aliphatic heterocycles. The van der Waals surface area contributed by atoms with Gasteiger partial charge in [-0.15, -0.1) is 10.2 Å². The molecule has 0 bridgehead atoms. The molecule has 2 N–H and O–H groups in total. The Balaban J connectivity index is 2.46. The van der Waals surface area contributed by atoms with Crippen molar-refractivity contribution in [2.45, 2.75) is 12.7 Å². The molecule has 10 heteroatoms. The van der Waals surface area contributed by atoms with Crippen LogP contribution in [0.2, 0.25) is 0 Å². The lowest BCUT2D eigenvalue weighted by molar-refractivity contribution is -0.189. The number of aromatic nitrogens is 2. The van der Waals surface area contributed by atoms with E-state index in [4.69, 9.17) is 10.2 Å². The highest BCUT2D eigenvalue weighted by Gasteiger charge is 2.42. The number of rotatable bonds is 4. The fourth-order valence-corrected chi connectivity index (χ4v) is 1.65. The van der Waals surface area contributed by atoms with Crippen LogP contribution in [0.4, 0.5) is 18.9 Å². The molecule has 124 valence electrons. The van der Waals surface area contributed by atoms with Gasteiger partial charge in [-0.05, 0) is 12.1 Å². The first-order valence-electron chi connectivity index (χ1n) is 6.35. The average Bonchev–Trinajstić information content (AvgIpc) is 2.94. The van der Waals surface area contributed by atoms with Gasteiger partial charge in [-0.25, -0.2) is 4.79 Å². The minimum atomic E-state index is -5.12. The molecule has 1 aromatic carbocycles. The molecule has 0 unspecified atom stereocenters. The summed E-state index contributed by atoms with van der Waals surface area (Å²) >= 11 is 0. The summed E-state index contributed by atoms with van der Waals surface area (Å²) in [7, 11) is 3.37. The lowest BCUT2D eigenvalue weighted by Gasteiger charge is -2.15. The number of ether oxygens (including phenoxy) is 1. The number of nitrogens with zero attached hydrogens (tertiary/aromatic N) is 3. The Labute approximate surface area is 128 Å². The van der Waals surface area contributed by atoms with Crippen molar-refractivity contribution in [3.8, 4) is 17.2 Å². The molecular weight excluding hydrogens is 317 g/mol. The third kappa shape index (κ3) is 3.77. The quantitative estimate of drug-likeness (QED) is 0.674. The summed E-state index contributed by atoms with van der Waals surface area (Å²) in [6.45, 7) is -0.0273. The van der Waals surface area contributed by atoms with Crippen molar-refractivity contribution in [2.75, 3.05) is 19.0 Å². The van der Waals surface area contributed by atoms with E-state index in [0.29, 0.717) is 5.69 Å². The van der Waals surface area contributed by atoms with Crippen LogP contribution in [0.1, 0.15) is 5.89 Å². The van der Waals surface area contributed by atoms with Gasteiger partial charge in [0.15, 0.2) is 0 Å². The molecule has 0 fully saturated rings. The topological polar surface area (TPSA) is 94.5 Å². The van der Waals surface area contributed by atoms with E-state index in [9.17, 15) is 18.0 Å². The Kier molecular flexibility index (Phi) is 4.55. The summed E-state index contributed by atoms with van der Waals surface area (Å²) < 4.78 is 46.9. The van der Waals surface area contributed by atoms with E-state index in [0.717, 1.165) is 0 Å². The zero-order valence-electron chi connectivity index (χ0n) is 12.2. The number of benzene rings is 1. The van der Waals surface area contributed by atoms with Crippen LogP contribution in [0, 0.1) is 0 Å². The van der Waals surface area contributed by atoms with Crippen molar-refractivity contribution in [1.29, 1.82) is 0 Å². The number of anilines is 1. The van der Waals surface area contributed by atoms with Gasteiger partial charge in [-0.1, -0.05) is 0 Å². The van der Waals surface area contributed by atoms with Crippen molar-refractivity contribution < 1.29 is 27.1 Å². The maximum atomic E-state index is 12.4. The first-order valence-corrected chi connectivity index (χ1v) is 6.35. The number of hydrogen-bond donors (Lipinski definition) is 1. The normalized spacial score (nSPS) is 11.4. The second-order valence-electron chi connectivity index (χ2n) is 4.67. The number of carbonyl (C=O) groups is 1. The second kappa shape index (κ2) is 6.24. The highest BCUT2D eigenvalue weighted by Crippen LogP contribution is 2.34. The van der Waals surface area contributed by atoms with Crippen LogP contribution in [0.5, 0.6) is 5.75 Å². The molecule has 0 atom stereocenters. The van der Waals surface area contributed by atoms with Gasteiger partial charge in [-0.2, -0.15) is 13.2 Å². The smallest absolute Gasteiger partial charge is 0.419 e. The van der Waals surface area contributed by atoms with Gasteiger partial charge in [0.05, 0.1) is 12.1 Å². The first kappa shape index (κ1) is 16.7. The van der Waals surface area contributed by atoms with Gasteiger partial charge in [0.2, 0.25) is 5.89 Å². The maximum Gasteiger partial charge on any atom is 0.491 e. The average molecular weight is 330 g/mol. The highest BCUT2D eigenvalue weighted by atomic mass is 19.4. The fraction of sp³-hybridized carbons (Fsp3) is 0.308. The van der Waals surface area contributed by atoms with Crippen LogP contribution in [-0.4, -0.2) is 36.4 Å². The summed E-state index contributed by atoms with van der Waals surface area (Å²) in [4.78, 5) is 12.7. The van der Waals surface area contributed by atoms with Crippen molar-refractivity contribution in [3.05, 3.63) is 24.1 Å². The standard InChI is InChI=1S/C13H13F3N4O3/c1-20(2)7-3-4-8(11-19-18-10(6-17)23-11)9(5-7)22-12(21)13(14,15)16/h3-5H,6,17H2,1-2H3. The monoisotopic (exact) mass is 330 g/mol. The maximum absolute atomic E-state index is 12.4. The highest BCUT2D eigenvalue weighted by molar-refractivity contribution is 5.81. The number of esters is 1. The predicted octanol–water partition coefficient (Wildman–Crippen LogP) is 1.73. The summed E-state index contributed by atoms with van der Waals surface area (Å²) in [6, 6.07) is 4.29. The molecule has 0 radical (unpaired) electrons. The molecular formula is C13H13F3N4O3. The van der Waals surface area contributed by atoms with Crippen LogP contribution in [0.25, 0.3) is 11.5 Å². The molecule has 2 rings (SSSR count). The third-order valence-corrected chi connectivity index (χ3v) is 2.79. The van der Waals surface area contributed by atoms with Crippen molar-refractivity contribution in [3.63, 3.8) is 0 Å². The minimum absolute atomic E-state index is 0.0273. The van der Waals surface area contributed by atoms with Crippen molar-refractivity contribution >= 4 is 11.7 Å². The molecule has 1 aromatic heterocycles. The molecule has 0 aliphatic carbocycles. The van der Waals surface area contributed by atoms with Crippen molar-refractivity contribution in [2.24, 2.45) is 5.73 Å². The van der Waals surface area contributed by atoms with Gasteiger partial charge >= 0.3 is 12.1 Å². The lowest BCUT2D eigenvalue weighted by Crippen LogP contribution is -2.28. The van der Waals surface area contributed by atoms with Gasteiger partial charge in [-0.3, -0.25) is 0 Å². The van der Waals surface area contributed by atoms with Gasteiger partial charge in [0.25, 0.3) is 5.89 Å². The Morgan fingerprint density at radius 1 is 1.35 bits per heavy atom. The first-order chi connectivity index (χ1) is 10.7. The van der Waals surface area contributed by atoms with E-state index >= 15 is 0 Å². The number of nitrogens with two attached hydrogens (primary N) is 1. The van der Waals surface area contributed by atoms with Crippen molar-refractivity contribution in [1.82, 2.24) is 10.2 Å². The Bertz CT molecular complexity index is 713. The summed E-state index contributed by atoms with van der Waals surface area (Å²) in [6.07, 6.45) is -5.12. The molecule has 0 spiro atoms. The minimum Gasteiger partial charge on any atom is -0.419 e. The van der Waals surface area contributed by atoms with Gasteiger partial charge in [0, 0.05) is 25.8 Å². The zero-order chi connectivity index (χ0) is 17.2.